The Morgan fingerprint density at radius 2 is 2.09 bits per heavy atom. The first kappa shape index (κ1) is 13.2. The van der Waals surface area contributed by atoms with Gasteiger partial charge in [0.05, 0.1) is 17.2 Å². The second kappa shape index (κ2) is 5.05. The SMILES string of the molecule is CCn1cc(-c2nc(C3(c4ccncc4)CCC3)no2)cn1. The highest BCUT2D eigenvalue weighted by Crippen LogP contribution is 2.47. The van der Waals surface area contributed by atoms with E-state index in [1.54, 1.807) is 6.20 Å². The van der Waals surface area contributed by atoms with Gasteiger partial charge in [0.25, 0.3) is 5.89 Å². The van der Waals surface area contributed by atoms with Crippen molar-refractivity contribution in [1.82, 2.24) is 24.9 Å². The summed E-state index contributed by atoms with van der Waals surface area (Å²) >= 11 is 0. The Kier molecular flexibility index (Phi) is 3.03. The summed E-state index contributed by atoms with van der Waals surface area (Å²) in [6.45, 7) is 2.87. The van der Waals surface area contributed by atoms with E-state index in [0.29, 0.717) is 5.89 Å². The van der Waals surface area contributed by atoms with Crippen LogP contribution in [0.4, 0.5) is 0 Å². The summed E-state index contributed by atoms with van der Waals surface area (Å²) in [5, 5.41) is 8.51. The Morgan fingerprint density at radius 3 is 2.73 bits per heavy atom. The lowest BCUT2D eigenvalue weighted by molar-refractivity contribution is 0.272. The molecule has 6 heteroatoms. The van der Waals surface area contributed by atoms with Gasteiger partial charge in [-0.3, -0.25) is 9.67 Å². The van der Waals surface area contributed by atoms with Gasteiger partial charge in [-0.1, -0.05) is 11.6 Å². The first-order valence-electron chi connectivity index (χ1n) is 7.59. The fraction of sp³-hybridized carbons (Fsp3) is 0.375. The number of pyridine rings is 1. The molecule has 1 fully saturated rings. The molecule has 0 unspecified atom stereocenters. The van der Waals surface area contributed by atoms with Crippen LogP contribution in [0.2, 0.25) is 0 Å². The molecule has 0 bridgehead atoms. The third-order valence-corrected chi connectivity index (χ3v) is 4.50. The maximum atomic E-state index is 5.48. The molecular weight excluding hydrogens is 278 g/mol. The normalized spacial score (nSPS) is 16.4. The van der Waals surface area contributed by atoms with Crippen LogP contribution in [0.5, 0.6) is 0 Å². The van der Waals surface area contributed by atoms with Crippen LogP contribution in [0, 0.1) is 0 Å². The summed E-state index contributed by atoms with van der Waals surface area (Å²) in [7, 11) is 0. The Balaban J connectivity index is 1.71. The lowest BCUT2D eigenvalue weighted by atomic mass is 9.64. The fourth-order valence-electron chi connectivity index (χ4n) is 3.02. The van der Waals surface area contributed by atoms with Crippen molar-refractivity contribution in [2.45, 2.75) is 38.1 Å². The maximum Gasteiger partial charge on any atom is 0.261 e. The molecule has 0 aliphatic heterocycles. The highest BCUT2D eigenvalue weighted by atomic mass is 16.5. The van der Waals surface area contributed by atoms with Crippen molar-refractivity contribution in [1.29, 1.82) is 0 Å². The van der Waals surface area contributed by atoms with Crippen molar-refractivity contribution in [3.05, 3.63) is 48.3 Å². The minimum Gasteiger partial charge on any atom is -0.334 e. The highest BCUT2D eigenvalue weighted by Gasteiger charge is 2.44. The van der Waals surface area contributed by atoms with Gasteiger partial charge < -0.3 is 4.52 Å². The maximum absolute atomic E-state index is 5.48. The van der Waals surface area contributed by atoms with E-state index in [-0.39, 0.29) is 5.41 Å². The molecule has 3 aromatic heterocycles. The quantitative estimate of drug-likeness (QED) is 0.740. The van der Waals surface area contributed by atoms with E-state index in [1.807, 2.05) is 42.3 Å². The number of aryl methyl sites for hydroxylation is 1. The van der Waals surface area contributed by atoms with Crippen molar-refractivity contribution in [2.24, 2.45) is 0 Å². The van der Waals surface area contributed by atoms with Gasteiger partial charge in [0.1, 0.15) is 0 Å². The van der Waals surface area contributed by atoms with Crippen LogP contribution in [0.25, 0.3) is 11.5 Å². The number of hydrogen-bond donors (Lipinski definition) is 0. The van der Waals surface area contributed by atoms with E-state index in [0.717, 1.165) is 30.8 Å². The van der Waals surface area contributed by atoms with Gasteiger partial charge in [0, 0.05) is 25.1 Å². The van der Waals surface area contributed by atoms with Gasteiger partial charge >= 0.3 is 0 Å². The number of hydrogen-bond acceptors (Lipinski definition) is 5. The first-order chi connectivity index (χ1) is 10.8. The third kappa shape index (κ3) is 1.94. The molecule has 0 spiro atoms. The molecule has 22 heavy (non-hydrogen) atoms. The lowest BCUT2D eigenvalue weighted by Crippen LogP contribution is -2.36. The summed E-state index contributed by atoms with van der Waals surface area (Å²) < 4.78 is 7.33. The summed E-state index contributed by atoms with van der Waals surface area (Å²) in [6.07, 6.45) is 10.6. The zero-order chi connectivity index (χ0) is 15.0. The van der Waals surface area contributed by atoms with E-state index < -0.39 is 0 Å². The standard InChI is InChI=1S/C16H17N5O/c1-2-21-11-12(10-18-21)14-19-15(20-22-14)16(6-3-7-16)13-4-8-17-9-5-13/h4-5,8-11H,2-3,6-7H2,1H3. The van der Waals surface area contributed by atoms with Crippen molar-refractivity contribution in [3.8, 4) is 11.5 Å². The van der Waals surface area contributed by atoms with E-state index >= 15 is 0 Å². The smallest absolute Gasteiger partial charge is 0.261 e. The second-order valence-corrected chi connectivity index (χ2v) is 5.68. The van der Waals surface area contributed by atoms with E-state index in [4.69, 9.17) is 4.52 Å². The van der Waals surface area contributed by atoms with Gasteiger partial charge in [-0.2, -0.15) is 10.1 Å². The van der Waals surface area contributed by atoms with Crippen LogP contribution in [0.1, 0.15) is 37.6 Å². The summed E-state index contributed by atoms with van der Waals surface area (Å²) in [6, 6.07) is 4.09. The molecule has 1 aliphatic carbocycles. The topological polar surface area (TPSA) is 69.6 Å². The summed E-state index contributed by atoms with van der Waals surface area (Å²) in [5.74, 6) is 1.30. The molecule has 1 saturated carbocycles. The van der Waals surface area contributed by atoms with Crippen molar-refractivity contribution in [2.75, 3.05) is 0 Å². The van der Waals surface area contributed by atoms with Gasteiger partial charge in [-0.25, -0.2) is 0 Å². The summed E-state index contributed by atoms with van der Waals surface area (Å²) in [4.78, 5) is 8.75. The predicted octanol–water partition coefficient (Wildman–Crippen LogP) is 2.82. The number of nitrogens with zero attached hydrogens (tertiary/aromatic N) is 5. The second-order valence-electron chi connectivity index (χ2n) is 5.68. The van der Waals surface area contributed by atoms with E-state index in [2.05, 4.69) is 20.2 Å². The molecule has 1 aliphatic rings. The Morgan fingerprint density at radius 1 is 1.27 bits per heavy atom. The average Bonchev–Trinajstić information content (AvgIpc) is 3.16. The predicted molar refractivity (Wildman–Crippen MR) is 80.1 cm³/mol. The van der Waals surface area contributed by atoms with Crippen LogP contribution >= 0.6 is 0 Å². The van der Waals surface area contributed by atoms with Crippen LogP contribution in [-0.4, -0.2) is 24.9 Å². The minimum atomic E-state index is -0.120. The molecule has 3 heterocycles. The van der Waals surface area contributed by atoms with E-state index in [1.165, 1.54) is 12.0 Å². The zero-order valence-corrected chi connectivity index (χ0v) is 12.4. The molecule has 0 saturated heterocycles. The van der Waals surface area contributed by atoms with Crippen LogP contribution < -0.4 is 0 Å². The molecular formula is C16H17N5O. The largest absolute Gasteiger partial charge is 0.334 e. The van der Waals surface area contributed by atoms with Gasteiger partial charge in [-0.15, -0.1) is 0 Å². The van der Waals surface area contributed by atoms with Gasteiger partial charge in [0.15, 0.2) is 5.82 Å². The van der Waals surface area contributed by atoms with Crippen LogP contribution in [0.3, 0.4) is 0 Å². The van der Waals surface area contributed by atoms with Gasteiger partial charge in [-0.05, 0) is 37.5 Å². The fourth-order valence-corrected chi connectivity index (χ4v) is 3.02. The average molecular weight is 295 g/mol. The van der Waals surface area contributed by atoms with Crippen LogP contribution in [0.15, 0.2) is 41.4 Å². The molecule has 3 aromatic rings. The molecule has 0 amide bonds. The van der Waals surface area contributed by atoms with Gasteiger partial charge in [0.2, 0.25) is 0 Å². The summed E-state index contributed by atoms with van der Waals surface area (Å²) in [5.41, 5.74) is 1.96. The molecule has 4 rings (SSSR count). The molecule has 6 nitrogen and oxygen atoms in total. The van der Waals surface area contributed by atoms with Crippen molar-refractivity contribution < 1.29 is 4.52 Å². The molecule has 0 atom stereocenters. The first-order valence-corrected chi connectivity index (χ1v) is 7.59. The number of rotatable bonds is 4. The number of aromatic nitrogens is 5. The Hall–Kier alpha value is -2.50. The highest BCUT2D eigenvalue weighted by molar-refractivity contribution is 5.50. The van der Waals surface area contributed by atoms with E-state index in [9.17, 15) is 0 Å². The van der Waals surface area contributed by atoms with Crippen molar-refractivity contribution >= 4 is 0 Å². The molecule has 0 radical (unpaired) electrons. The molecule has 0 N–H and O–H groups in total. The Labute approximate surface area is 128 Å². The zero-order valence-electron chi connectivity index (χ0n) is 12.4. The third-order valence-electron chi connectivity index (χ3n) is 4.50. The lowest BCUT2D eigenvalue weighted by Gasteiger charge is -2.39. The monoisotopic (exact) mass is 295 g/mol. The molecule has 0 aromatic carbocycles. The minimum absolute atomic E-state index is 0.120. The molecule has 112 valence electrons. The Bertz CT molecular complexity index is 773. The van der Waals surface area contributed by atoms with Crippen LogP contribution in [-0.2, 0) is 12.0 Å². The van der Waals surface area contributed by atoms with Crippen molar-refractivity contribution in [3.63, 3.8) is 0 Å².